The normalized spacial score (nSPS) is 11.1. The molecule has 0 aliphatic carbocycles. The minimum absolute atomic E-state index is 0.967. The quantitative estimate of drug-likeness (QED) is 0.301. The Morgan fingerprint density at radius 1 is 1.12 bits per heavy atom. The van der Waals surface area contributed by atoms with Crippen LogP contribution in [0.15, 0.2) is 0 Å². The first kappa shape index (κ1) is 14.7. The predicted octanol–water partition coefficient (Wildman–Crippen LogP) is 1.36. The zero-order chi connectivity index (χ0) is 13.0. The summed E-state index contributed by atoms with van der Waals surface area (Å²) in [7, 11) is -0.393. The SMILES string of the molecule is COC(=O)C(=O)OC(C)(C)C#C[Si](C)(C)C. The van der Waals surface area contributed by atoms with E-state index in [1.165, 1.54) is 0 Å². The van der Waals surface area contributed by atoms with E-state index in [1.807, 2.05) is 0 Å². The third kappa shape index (κ3) is 6.25. The van der Waals surface area contributed by atoms with Gasteiger partial charge in [-0.2, -0.15) is 0 Å². The summed E-state index contributed by atoms with van der Waals surface area (Å²) in [5.41, 5.74) is 2.12. The zero-order valence-electron chi connectivity index (χ0n) is 10.6. The third-order valence-corrected chi connectivity index (χ3v) is 2.31. The van der Waals surface area contributed by atoms with Gasteiger partial charge in [0.15, 0.2) is 5.60 Å². The monoisotopic (exact) mass is 242 g/mol. The van der Waals surface area contributed by atoms with Crippen molar-refractivity contribution in [1.82, 2.24) is 0 Å². The van der Waals surface area contributed by atoms with Crippen molar-refractivity contribution in [3.63, 3.8) is 0 Å². The van der Waals surface area contributed by atoms with Crippen molar-refractivity contribution in [3.05, 3.63) is 0 Å². The molecule has 0 aromatic rings. The Balaban J connectivity index is 4.63. The summed E-state index contributed by atoms with van der Waals surface area (Å²) in [4.78, 5) is 22.0. The highest BCUT2D eigenvalue weighted by Crippen LogP contribution is 2.09. The van der Waals surface area contributed by atoms with E-state index >= 15 is 0 Å². The van der Waals surface area contributed by atoms with Crippen LogP contribution in [0.5, 0.6) is 0 Å². The second kappa shape index (κ2) is 5.17. The van der Waals surface area contributed by atoms with Gasteiger partial charge in [-0.25, -0.2) is 9.59 Å². The van der Waals surface area contributed by atoms with Gasteiger partial charge >= 0.3 is 11.9 Å². The Bertz CT molecular complexity index is 341. The molecular weight excluding hydrogens is 224 g/mol. The second-order valence-electron chi connectivity index (χ2n) is 4.89. The molecule has 0 aliphatic rings. The first-order chi connectivity index (χ1) is 7.07. The van der Waals surface area contributed by atoms with E-state index < -0.39 is 25.6 Å². The molecule has 0 saturated heterocycles. The van der Waals surface area contributed by atoms with E-state index in [2.05, 4.69) is 35.8 Å². The maximum absolute atomic E-state index is 11.2. The summed E-state index contributed by atoms with van der Waals surface area (Å²) >= 11 is 0. The lowest BCUT2D eigenvalue weighted by atomic mass is 10.1. The van der Waals surface area contributed by atoms with Crippen LogP contribution in [0, 0.1) is 11.5 Å². The van der Waals surface area contributed by atoms with Crippen LogP contribution >= 0.6 is 0 Å². The number of ether oxygens (including phenoxy) is 2. The number of carbonyl (C=O) groups excluding carboxylic acids is 2. The Hall–Kier alpha value is -1.28. The molecule has 0 spiro atoms. The Kier molecular flexibility index (Phi) is 4.75. The lowest BCUT2D eigenvalue weighted by molar-refractivity contribution is -0.171. The first-order valence-corrected chi connectivity index (χ1v) is 8.43. The fourth-order valence-electron chi connectivity index (χ4n) is 0.720. The number of hydrogen-bond acceptors (Lipinski definition) is 4. The van der Waals surface area contributed by atoms with Crippen molar-refractivity contribution in [3.8, 4) is 11.5 Å². The molecule has 0 bridgehead atoms. The van der Waals surface area contributed by atoms with Gasteiger partial charge in [0.05, 0.1) is 7.11 Å². The van der Waals surface area contributed by atoms with Crippen LogP contribution in [0.4, 0.5) is 0 Å². The molecule has 0 saturated carbocycles. The molecule has 0 atom stereocenters. The molecular formula is C11H18O4Si. The van der Waals surface area contributed by atoms with E-state index in [0.717, 1.165) is 7.11 Å². The van der Waals surface area contributed by atoms with Gasteiger partial charge in [-0.3, -0.25) is 0 Å². The van der Waals surface area contributed by atoms with E-state index in [4.69, 9.17) is 4.74 Å². The first-order valence-electron chi connectivity index (χ1n) is 4.93. The third-order valence-electron chi connectivity index (χ3n) is 1.44. The van der Waals surface area contributed by atoms with Crippen molar-refractivity contribution >= 4 is 20.0 Å². The number of esters is 2. The summed E-state index contributed by atoms with van der Waals surface area (Å²) in [6.07, 6.45) is 0. The number of methoxy groups -OCH3 is 1. The number of hydrogen-bond donors (Lipinski definition) is 0. The maximum atomic E-state index is 11.2. The summed E-state index contributed by atoms with van der Waals surface area (Å²) < 4.78 is 9.17. The van der Waals surface area contributed by atoms with E-state index in [0.29, 0.717) is 0 Å². The van der Waals surface area contributed by atoms with Crippen LogP contribution in [0.2, 0.25) is 19.6 Å². The standard InChI is InChI=1S/C11H18O4Si/c1-11(2,7-8-16(4,5)6)15-10(13)9(12)14-3/h1-6H3. The molecule has 0 aliphatic heterocycles. The number of rotatable bonds is 1. The fraction of sp³-hybridized carbons (Fsp3) is 0.636. The van der Waals surface area contributed by atoms with Crippen molar-refractivity contribution in [1.29, 1.82) is 0 Å². The van der Waals surface area contributed by atoms with Crippen LogP contribution < -0.4 is 0 Å². The summed E-state index contributed by atoms with van der Waals surface area (Å²) in [5.74, 6) is 0.842. The van der Waals surface area contributed by atoms with Crippen molar-refractivity contribution < 1.29 is 19.1 Å². The highest BCUT2D eigenvalue weighted by Gasteiger charge is 2.26. The average Bonchev–Trinajstić information content (AvgIpc) is 2.12. The lowest BCUT2D eigenvalue weighted by Crippen LogP contribution is -2.32. The summed E-state index contributed by atoms with van der Waals surface area (Å²) in [6, 6.07) is 0. The molecule has 4 nitrogen and oxygen atoms in total. The van der Waals surface area contributed by atoms with Gasteiger partial charge in [-0.1, -0.05) is 25.6 Å². The van der Waals surface area contributed by atoms with Crippen molar-refractivity contribution in [2.75, 3.05) is 7.11 Å². The van der Waals surface area contributed by atoms with Gasteiger partial charge < -0.3 is 9.47 Å². The summed E-state index contributed by atoms with van der Waals surface area (Å²) in [6.45, 7) is 9.52. The predicted molar refractivity (Wildman–Crippen MR) is 63.3 cm³/mol. The highest BCUT2D eigenvalue weighted by atomic mass is 28.3. The minimum Gasteiger partial charge on any atom is -0.461 e. The largest absolute Gasteiger partial charge is 0.461 e. The van der Waals surface area contributed by atoms with E-state index in [9.17, 15) is 9.59 Å². The molecule has 16 heavy (non-hydrogen) atoms. The van der Waals surface area contributed by atoms with Gasteiger partial charge in [0, 0.05) is 0 Å². The van der Waals surface area contributed by atoms with Gasteiger partial charge in [-0.05, 0) is 13.8 Å². The smallest absolute Gasteiger partial charge is 0.418 e. The molecule has 0 aromatic carbocycles. The Morgan fingerprint density at radius 2 is 1.62 bits per heavy atom. The average molecular weight is 242 g/mol. The molecule has 0 heterocycles. The second-order valence-corrected chi connectivity index (χ2v) is 9.64. The number of carbonyl (C=O) groups is 2. The van der Waals surface area contributed by atoms with E-state index in [-0.39, 0.29) is 0 Å². The van der Waals surface area contributed by atoms with Gasteiger partial charge in [-0.15, -0.1) is 5.54 Å². The van der Waals surface area contributed by atoms with Gasteiger partial charge in [0.25, 0.3) is 0 Å². The molecule has 0 fully saturated rings. The molecule has 5 heteroatoms. The highest BCUT2D eigenvalue weighted by molar-refractivity contribution is 6.83. The minimum atomic E-state index is -1.52. The van der Waals surface area contributed by atoms with E-state index in [1.54, 1.807) is 13.8 Å². The zero-order valence-corrected chi connectivity index (χ0v) is 11.6. The molecule has 0 N–H and O–H groups in total. The topological polar surface area (TPSA) is 52.6 Å². The molecule has 0 amide bonds. The van der Waals surface area contributed by atoms with Crippen molar-refractivity contribution in [2.45, 2.75) is 39.1 Å². The van der Waals surface area contributed by atoms with Gasteiger partial charge in [0.1, 0.15) is 8.07 Å². The molecule has 0 radical (unpaired) electrons. The van der Waals surface area contributed by atoms with Crippen LogP contribution in [-0.2, 0) is 19.1 Å². The lowest BCUT2D eigenvalue weighted by Gasteiger charge is -2.18. The fourth-order valence-corrected chi connectivity index (χ4v) is 1.40. The van der Waals surface area contributed by atoms with Crippen LogP contribution in [0.25, 0.3) is 0 Å². The molecule has 0 aromatic heterocycles. The summed E-state index contributed by atoms with van der Waals surface area (Å²) in [5, 5.41) is 0. The maximum Gasteiger partial charge on any atom is 0.418 e. The Morgan fingerprint density at radius 3 is 2.00 bits per heavy atom. The van der Waals surface area contributed by atoms with Crippen LogP contribution in [-0.4, -0.2) is 32.7 Å². The van der Waals surface area contributed by atoms with Crippen LogP contribution in [0.3, 0.4) is 0 Å². The van der Waals surface area contributed by atoms with Crippen molar-refractivity contribution in [2.24, 2.45) is 0 Å². The van der Waals surface area contributed by atoms with Gasteiger partial charge in [0.2, 0.25) is 0 Å². The Labute approximate surface area is 97.3 Å². The molecule has 0 rings (SSSR count). The molecule has 0 unspecified atom stereocenters. The molecule has 90 valence electrons. The van der Waals surface area contributed by atoms with Crippen LogP contribution in [0.1, 0.15) is 13.8 Å².